The van der Waals surface area contributed by atoms with E-state index in [1.807, 2.05) is 4.90 Å². The van der Waals surface area contributed by atoms with Gasteiger partial charge in [-0.1, -0.05) is 32.1 Å². The van der Waals surface area contributed by atoms with Crippen LogP contribution in [0, 0.1) is 0 Å². The molecule has 3 rings (SSSR count). The summed E-state index contributed by atoms with van der Waals surface area (Å²) in [5.41, 5.74) is -0.545. The van der Waals surface area contributed by atoms with Gasteiger partial charge in [0.2, 0.25) is 11.8 Å². The summed E-state index contributed by atoms with van der Waals surface area (Å²) in [6.45, 7) is 0.283. The van der Waals surface area contributed by atoms with Crippen LogP contribution in [0.5, 0.6) is 0 Å². The number of hydrogen-bond acceptors (Lipinski definition) is 2. The van der Waals surface area contributed by atoms with E-state index in [1.54, 1.807) is 0 Å². The molecular formula is C14H22N2O2. The van der Waals surface area contributed by atoms with Crippen LogP contribution >= 0.6 is 0 Å². The Hall–Kier alpha value is -1.06. The van der Waals surface area contributed by atoms with Crippen LogP contribution in [0.3, 0.4) is 0 Å². The molecule has 1 saturated heterocycles. The summed E-state index contributed by atoms with van der Waals surface area (Å²) in [5.74, 6) is 0.247. The smallest absolute Gasteiger partial charge is 0.249 e. The number of amides is 2. The van der Waals surface area contributed by atoms with Crippen molar-refractivity contribution in [3.8, 4) is 0 Å². The molecule has 4 heteroatoms. The summed E-state index contributed by atoms with van der Waals surface area (Å²) >= 11 is 0. The molecule has 0 atom stereocenters. The van der Waals surface area contributed by atoms with E-state index < -0.39 is 5.54 Å². The molecule has 0 aromatic carbocycles. The molecule has 2 aliphatic carbocycles. The third kappa shape index (κ3) is 1.91. The summed E-state index contributed by atoms with van der Waals surface area (Å²) in [4.78, 5) is 26.6. The van der Waals surface area contributed by atoms with Crippen LogP contribution < -0.4 is 5.32 Å². The zero-order valence-corrected chi connectivity index (χ0v) is 10.9. The van der Waals surface area contributed by atoms with Gasteiger partial charge >= 0.3 is 0 Å². The molecule has 2 saturated carbocycles. The third-order valence-corrected chi connectivity index (χ3v) is 4.84. The second-order valence-corrected chi connectivity index (χ2v) is 6.06. The second kappa shape index (κ2) is 4.56. The second-order valence-electron chi connectivity index (χ2n) is 6.06. The van der Waals surface area contributed by atoms with Gasteiger partial charge in [0.25, 0.3) is 0 Å². The maximum atomic E-state index is 12.7. The normalized spacial score (nSPS) is 28.8. The monoisotopic (exact) mass is 250 g/mol. The number of rotatable bonds is 1. The molecule has 18 heavy (non-hydrogen) atoms. The summed E-state index contributed by atoms with van der Waals surface area (Å²) in [6.07, 6.45) is 9.53. The first-order valence-corrected chi connectivity index (χ1v) is 7.33. The Balaban J connectivity index is 1.82. The highest BCUT2D eigenvalue weighted by Crippen LogP contribution is 2.34. The molecule has 0 aromatic heterocycles. The minimum absolute atomic E-state index is 0.0448. The molecule has 3 aliphatic rings. The van der Waals surface area contributed by atoms with Crippen molar-refractivity contribution in [1.29, 1.82) is 0 Å². The lowest BCUT2D eigenvalue weighted by molar-refractivity contribution is -0.154. The van der Waals surface area contributed by atoms with E-state index in [1.165, 1.54) is 19.3 Å². The van der Waals surface area contributed by atoms with E-state index >= 15 is 0 Å². The van der Waals surface area contributed by atoms with Gasteiger partial charge in [-0.05, 0) is 25.7 Å². The van der Waals surface area contributed by atoms with Gasteiger partial charge < -0.3 is 10.2 Å². The van der Waals surface area contributed by atoms with Crippen LogP contribution in [0.25, 0.3) is 0 Å². The first-order chi connectivity index (χ1) is 8.71. The maximum Gasteiger partial charge on any atom is 0.249 e. The Morgan fingerprint density at radius 2 is 1.67 bits per heavy atom. The van der Waals surface area contributed by atoms with Crippen molar-refractivity contribution in [3.05, 3.63) is 0 Å². The molecule has 3 fully saturated rings. The number of carbonyl (C=O) groups excluding carboxylic acids is 2. The largest absolute Gasteiger partial charge is 0.340 e. The summed E-state index contributed by atoms with van der Waals surface area (Å²) in [7, 11) is 0. The number of nitrogens with one attached hydrogen (secondary N) is 1. The van der Waals surface area contributed by atoms with Crippen LogP contribution in [0.2, 0.25) is 0 Å². The average Bonchev–Trinajstić information content (AvgIpc) is 2.89. The molecule has 0 aromatic rings. The highest BCUT2D eigenvalue weighted by atomic mass is 16.2. The molecule has 1 spiro atoms. The first kappa shape index (κ1) is 12.0. The van der Waals surface area contributed by atoms with E-state index in [9.17, 15) is 9.59 Å². The van der Waals surface area contributed by atoms with Gasteiger partial charge in [-0.3, -0.25) is 9.59 Å². The lowest BCUT2D eigenvalue weighted by Gasteiger charge is -2.46. The van der Waals surface area contributed by atoms with Crippen LogP contribution in [-0.4, -0.2) is 34.8 Å². The Kier molecular flexibility index (Phi) is 3.04. The summed E-state index contributed by atoms with van der Waals surface area (Å²) < 4.78 is 0. The molecule has 1 N–H and O–H groups in total. The van der Waals surface area contributed by atoms with Crippen LogP contribution in [0.15, 0.2) is 0 Å². The summed E-state index contributed by atoms with van der Waals surface area (Å²) in [5, 5.41) is 3.00. The van der Waals surface area contributed by atoms with E-state index in [0.29, 0.717) is 6.04 Å². The number of piperazine rings is 1. The molecule has 2 amide bonds. The molecule has 1 heterocycles. The predicted octanol–water partition coefficient (Wildman–Crippen LogP) is 1.59. The fraction of sp³-hybridized carbons (Fsp3) is 0.857. The zero-order chi connectivity index (χ0) is 12.6. The van der Waals surface area contributed by atoms with Gasteiger partial charge in [-0.15, -0.1) is 0 Å². The van der Waals surface area contributed by atoms with Gasteiger partial charge in [-0.2, -0.15) is 0 Å². The Morgan fingerprint density at radius 1 is 1.00 bits per heavy atom. The molecule has 0 radical (unpaired) electrons. The van der Waals surface area contributed by atoms with Crippen LogP contribution in [-0.2, 0) is 9.59 Å². The average molecular weight is 250 g/mol. The van der Waals surface area contributed by atoms with Crippen molar-refractivity contribution in [2.24, 2.45) is 0 Å². The lowest BCUT2D eigenvalue weighted by atomic mass is 9.79. The zero-order valence-electron chi connectivity index (χ0n) is 10.9. The minimum atomic E-state index is -0.545. The van der Waals surface area contributed by atoms with Crippen molar-refractivity contribution >= 4 is 11.8 Å². The molecule has 0 bridgehead atoms. The standard InChI is InChI=1S/C14H22N2O2/c17-12-10-16(11-6-2-3-7-11)13(18)14(15-12)8-4-1-5-9-14/h11H,1-10H2,(H,15,17). The maximum absolute atomic E-state index is 12.7. The van der Waals surface area contributed by atoms with Gasteiger partial charge in [0.05, 0.1) is 6.54 Å². The van der Waals surface area contributed by atoms with Crippen LogP contribution in [0.4, 0.5) is 0 Å². The van der Waals surface area contributed by atoms with Gasteiger partial charge in [0, 0.05) is 6.04 Å². The van der Waals surface area contributed by atoms with E-state index in [2.05, 4.69) is 5.32 Å². The summed E-state index contributed by atoms with van der Waals surface area (Å²) in [6, 6.07) is 0.322. The number of nitrogens with zero attached hydrogens (tertiary/aromatic N) is 1. The van der Waals surface area contributed by atoms with Gasteiger partial charge in [0.15, 0.2) is 0 Å². The number of hydrogen-bond donors (Lipinski definition) is 1. The van der Waals surface area contributed by atoms with Gasteiger partial charge in [0.1, 0.15) is 5.54 Å². The topological polar surface area (TPSA) is 49.4 Å². The van der Waals surface area contributed by atoms with E-state index in [0.717, 1.165) is 38.5 Å². The van der Waals surface area contributed by atoms with Crippen LogP contribution in [0.1, 0.15) is 57.8 Å². The molecular weight excluding hydrogens is 228 g/mol. The number of carbonyl (C=O) groups is 2. The third-order valence-electron chi connectivity index (χ3n) is 4.84. The van der Waals surface area contributed by atoms with E-state index in [4.69, 9.17) is 0 Å². The molecule has 100 valence electrons. The van der Waals surface area contributed by atoms with E-state index in [-0.39, 0.29) is 18.4 Å². The Labute approximate surface area is 108 Å². The molecule has 4 nitrogen and oxygen atoms in total. The van der Waals surface area contributed by atoms with Crippen molar-refractivity contribution in [2.75, 3.05) is 6.54 Å². The fourth-order valence-electron chi connectivity index (χ4n) is 3.87. The lowest BCUT2D eigenvalue weighted by Crippen LogP contribution is -2.68. The predicted molar refractivity (Wildman–Crippen MR) is 67.9 cm³/mol. The molecule has 0 unspecified atom stereocenters. The molecule has 1 aliphatic heterocycles. The SMILES string of the molecule is O=C1CN(C2CCCC2)C(=O)C2(CCCCC2)N1. The fourth-order valence-corrected chi connectivity index (χ4v) is 3.87. The van der Waals surface area contributed by atoms with Crippen molar-refractivity contribution < 1.29 is 9.59 Å². The quantitative estimate of drug-likeness (QED) is 0.768. The van der Waals surface area contributed by atoms with Crippen molar-refractivity contribution in [3.63, 3.8) is 0 Å². The first-order valence-electron chi connectivity index (χ1n) is 7.33. The minimum Gasteiger partial charge on any atom is -0.340 e. The highest BCUT2D eigenvalue weighted by Gasteiger charge is 2.48. The Bertz CT molecular complexity index is 355. The van der Waals surface area contributed by atoms with Crippen molar-refractivity contribution in [2.45, 2.75) is 69.4 Å². The highest BCUT2D eigenvalue weighted by molar-refractivity contribution is 5.98. The Morgan fingerprint density at radius 3 is 2.33 bits per heavy atom. The van der Waals surface area contributed by atoms with Gasteiger partial charge in [-0.25, -0.2) is 0 Å². The van der Waals surface area contributed by atoms with Crippen molar-refractivity contribution in [1.82, 2.24) is 10.2 Å².